The Balaban J connectivity index is 1.58. The molecule has 0 radical (unpaired) electrons. The van der Waals surface area contributed by atoms with Crippen LogP contribution in [0.15, 0.2) is 48.8 Å². The van der Waals surface area contributed by atoms with E-state index in [2.05, 4.69) is 39.5 Å². The van der Waals surface area contributed by atoms with Crippen molar-refractivity contribution in [3.8, 4) is 0 Å². The van der Waals surface area contributed by atoms with Gasteiger partial charge >= 0.3 is 0 Å². The zero-order valence-electron chi connectivity index (χ0n) is 11.5. The van der Waals surface area contributed by atoms with Crippen molar-refractivity contribution in [2.75, 3.05) is 36.5 Å². The molecule has 1 aromatic carbocycles. The molecule has 1 fully saturated rings. The molecule has 0 unspecified atom stereocenters. The first-order valence-corrected chi connectivity index (χ1v) is 6.97. The third-order valence-corrected chi connectivity index (χ3v) is 3.49. The van der Waals surface area contributed by atoms with Crippen LogP contribution >= 0.6 is 0 Å². The highest BCUT2D eigenvalue weighted by Crippen LogP contribution is 2.17. The molecule has 0 atom stereocenters. The molecule has 104 valence electrons. The van der Waals surface area contributed by atoms with Gasteiger partial charge in [-0.25, -0.2) is 0 Å². The van der Waals surface area contributed by atoms with Gasteiger partial charge in [-0.2, -0.15) is 0 Å². The minimum absolute atomic E-state index is 0.825. The van der Waals surface area contributed by atoms with Crippen molar-refractivity contribution in [3.05, 3.63) is 54.4 Å². The number of benzene rings is 1. The topological polar surface area (TPSA) is 37.4 Å². The number of rotatable bonds is 4. The molecule has 1 aromatic heterocycles. The van der Waals surface area contributed by atoms with Crippen LogP contribution in [0.5, 0.6) is 0 Å². The summed E-state index contributed by atoms with van der Waals surface area (Å²) >= 11 is 0. The molecule has 1 saturated heterocycles. The number of anilines is 2. The van der Waals surface area contributed by atoms with E-state index < -0.39 is 0 Å². The summed E-state index contributed by atoms with van der Waals surface area (Å²) in [5, 5.41) is 3.39. The molecule has 1 aliphatic rings. The van der Waals surface area contributed by atoms with E-state index in [4.69, 9.17) is 4.74 Å². The summed E-state index contributed by atoms with van der Waals surface area (Å²) in [6.07, 6.45) is 3.59. The van der Waals surface area contributed by atoms with Gasteiger partial charge in [0.1, 0.15) is 0 Å². The number of ether oxygens (including phenoxy) is 1. The summed E-state index contributed by atoms with van der Waals surface area (Å²) in [5.74, 6) is 0. The second-order valence-electron chi connectivity index (χ2n) is 4.86. The predicted molar refractivity (Wildman–Crippen MR) is 81.0 cm³/mol. The molecule has 3 rings (SSSR count). The Morgan fingerprint density at radius 2 is 1.70 bits per heavy atom. The van der Waals surface area contributed by atoms with E-state index in [9.17, 15) is 0 Å². The second-order valence-corrected chi connectivity index (χ2v) is 4.86. The van der Waals surface area contributed by atoms with Gasteiger partial charge in [0.15, 0.2) is 0 Å². The third kappa shape index (κ3) is 3.27. The Hall–Kier alpha value is -2.07. The molecule has 4 nitrogen and oxygen atoms in total. The molecule has 0 aliphatic carbocycles. The molecule has 20 heavy (non-hydrogen) atoms. The van der Waals surface area contributed by atoms with Crippen LogP contribution in [-0.2, 0) is 11.3 Å². The van der Waals surface area contributed by atoms with Gasteiger partial charge in [-0.3, -0.25) is 4.98 Å². The van der Waals surface area contributed by atoms with Gasteiger partial charge in [-0.1, -0.05) is 12.1 Å². The van der Waals surface area contributed by atoms with Crippen molar-refractivity contribution in [3.63, 3.8) is 0 Å². The van der Waals surface area contributed by atoms with Crippen LogP contribution in [0.25, 0.3) is 0 Å². The van der Waals surface area contributed by atoms with Gasteiger partial charge in [-0.15, -0.1) is 0 Å². The first-order chi connectivity index (χ1) is 9.92. The van der Waals surface area contributed by atoms with Crippen LogP contribution in [0.2, 0.25) is 0 Å². The van der Waals surface area contributed by atoms with Crippen LogP contribution in [-0.4, -0.2) is 31.3 Å². The van der Waals surface area contributed by atoms with Gasteiger partial charge in [0, 0.05) is 43.4 Å². The first-order valence-electron chi connectivity index (χ1n) is 6.97. The molecule has 0 saturated carbocycles. The summed E-state index contributed by atoms with van der Waals surface area (Å²) in [6.45, 7) is 4.44. The molecule has 0 amide bonds. The summed E-state index contributed by atoms with van der Waals surface area (Å²) in [6, 6.07) is 12.7. The van der Waals surface area contributed by atoms with E-state index in [1.165, 1.54) is 11.3 Å². The Labute approximate surface area is 119 Å². The molecule has 1 aliphatic heterocycles. The minimum Gasteiger partial charge on any atom is -0.381 e. The average molecular weight is 269 g/mol. The molecule has 2 heterocycles. The molecular weight excluding hydrogens is 250 g/mol. The largest absolute Gasteiger partial charge is 0.381 e. The van der Waals surface area contributed by atoms with Crippen LogP contribution in [0.4, 0.5) is 11.4 Å². The Morgan fingerprint density at radius 3 is 2.40 bits per heavy atom. The number of hydrogen-bond acceptors (Lipinski definition) is 4. The van der Waals surface area contributed by atoms with Crippen molar-refractivity contribution in [1.82, 2.24) is 4.98 Å². The van der Waals surface area contributed by atoms with E-state index >= 15 is 0 Å². The van der Waals surface area contributed by atoms with Gasteiger partial charge in [-0.05, 0) is 29.8 Å². The lowest BCUT2D eigenvalue weighted by atomic mass is 10.2. The first kappa shape index (κ1) is 12.9. The minimum atomic E-state index is 0.825. The molecule has 0 bridgehead atoms. The lowest BCUT2D eigenvalue weighted by Gasteiger charge is -2.28. The second kappa shape index (κ2) is 6.39. The smallest absolute Gasteiger partial charge is 0.0642 e. The lowest BCUT2D eigenvalue weighted by Crippen LogP contribution is -2.36. The SMILES string of the molecule is c1cc(NCc2ccc(N3CCOCC3)cc2)ccn1. The van der Waals surface area contributed by atoms with E-state index in [0.29, 0.717) is 0 Å². The van der Waals surface area contributed by atoms with Gasteiger partial charge in [0.25, 0.3) is 0 Å². The Bertz CT molecular complexity index is 521. The monoisotopic (exact) mass is 269 g/mol. The van der Waals surface area contributed by atoms with Crippen molar-refractivity contribution in [2.45, 2.75) is 6.54 Å². The van der Waals surface area contributed by atoms with E-state index in [1.807, 2.05) is 12.1 Å². The number of nitrogens with one attached hydrogen (secondary N) is 1. The lowest BCUT2D eigenvalue weighted by molar-refractivity contribution is 0.122. The molecule has 0 spiro atoms. The standard InChI is InChI=1S/C16H19N3O/c1-3-16(19-9-11-20-12-10-19)4-2-14(1)13-18-15-5-7-17-8-6-15/h1-8H,9-13H2,(H,17,18). The highest BCUT2D eigenvalue weighted by molar-refractivity contribution is 5.49. The zero-order valence-corrected chi connectivity index (χ0v) is 11.5. The summed E-state index contributed by atoms with van der Waals surface area (Å²) in [4.78, 5) is 6.37. The zero-order chi connectivity index (χ0) is 13.6. The summed E-state index contributed by atoms with van der Waals surface area (Å²) < 4.78 is 5.38. The van der Waals surface area contributed by atoms with E-state index in [1.54, 1.807) is 12.4 Å². The molecule has 1 N–H and O–H groups in total. The number of aromatic nitrogens is 1. The van der Waals surface area contributed by atoms with Crippen LogP contribution < -0.4 is 10.2 Å². The number of nitrogens with zero attached hydrogens (tertiary/aromatic N) is 2. The van der Waals surface area contributed by atoms with Crippen LogP contribution in [0, 0.1) is 0 Å². The van der Waals surface area contributed by atoms with E-state index in [0.717, 1.165) is 38.5 Å². The molecular formula is C16H19N3O. The normalized spacial score (nSPS) is 15.1. The third-order valence-electron chi connectivity index (χ3n) is 3.49. The maximum absolute atomic E-state index is 5.38. The van der Waals surface area contributed by atoms with Crippen LogP contribution in [0.1, 0.15) is 5.56 Å². The highest BCUT2D eigenvalue weighted by atomic mass is 16.5. The number of hydrogen-bond donors (Lipinski definition) is 1. The van der Waals surface area contributed by atoms with Crippen LogP contribution in [0.3, 0.4) is 0 Å². The predicted octanol–water partition coefficient (Wildman–Crippen LogP) is 2.53. The highest BCUT2D eigenvalue weighted by Gasteiger charge is 2.10. The summed E-state index contributed by atoms with van der Waals surface area (Å²) in [5.41, 5.74) is 3.65. The Kier molecular flexibility index (Phi) is 4.13. The fraction of sp³-hybridized carbons (Fsp3) is 0.312. The Morgan fingerprint density at radius 1 is 1.00 bits per heavy atom. The van der Waals surface area contributed by atoms with Gasteiger partial charge < -0.3 is 15.0 Å². The van der Waals surface area contributed by atoms with Crippen molar-refractivity contribution in [1.29, 1.82) is 0 Å². The van der Waals surface area contributed by atoms with Crippen molar-refractivity contribution < 1.29 is 4.74 Å². The molecule has 4 heteroatoms. The van der Waals surface area contributed by atoms with Crippen molar-refractivity contribution >= 4 is 11.4 Å². The molecule has 2 aromatic rings. The van der Waals surface area contributed by atoms with Gasteiger partial charge in [0.05, 0.1) is 13.2 Å². The average Bonchev–Trinajstić information content (AvgIpc) is 2.55. The fourth-order valence-corrected chi connectivity index (χ4v) is 2.32. The fourth-order valence-electron chi connectivity index (χ4n) is 2.32. The van der Waals surface area contributed by atoms with Crippen molar-refractivity contribution in [2.24, 2.45) is 0 Å². The maximum atomic E-state index is 5.38. The maximum Gasteiger partial charge on any atom is 0.0642 e. The van der Waals surface area contributed by atoms with E-state index in [-0.39, 0.29) is 0 Å². The van der Waals surface area contributed by atoms with Gasteiger partial charge in [0.2, 0.25) is 0 Å². The number of morpholine rings is 1. The summed E-state index contributed by atoms with van der Waals surface area (Å²) in [7, 11) is 0. The quantitative estimate of drug-likeness (QED) is 0.925. The number of pyridine rings is 1.